The van der Waals surface area contributed by atoms with E-state index in [2.05, 4.69) is 31.2 Å². The van der Waals surface area contributed by atoms with Crippen LogP contribution in [0, 0.1) is 0 Å². The number of thioether (sulfide) groups is 2. The number of likely N-dealkylation sites (tertiary alicyclic amines) is 1. The molecule has 1 aromatic heterocycles. The van der Waals surface area contributed by atoms with Gasteiger partial charge in [-0.15, -0.1) is 23.5 Å². The van der Waals surface area contributed by atoms with Crippen LogP contribution in [0.15, 0.2) is 75.3 Å². The third-order valence-corrected chi connectivity index (χ3v) is 8.88. The second-order valence-electron chi connectivity index (χ2n) is 8.90. The average molecular weight is 675 g/mol. The van der Waals surface area contributed by atoms with Gasteiger partial charge in [-0.2, -0.15) is 13.2 Å². The highest BCUT2D eigenvalue weighted by Crippen LogP contribution is 2.41. The van der Waals surface area contributed by atoms with E-state index in [9.17, 15) is 37.5 Å². The number of fused-ring (bicyclic) bond motifs is 1. The first kappa shape index (κ1) is 30.7. The SMILES string of the molecule is O=C(CSc1ccc(Br)cc1)N[C@@H]1C(=O)N2C(C(=O)O)=C(C=C3CCN(CC(F)(F)F)C3=O)CS[C@H]12.c1c[nH]cn1. The molecule has 3 aliphatic heterocycles. The van der Waals surface area contributed by atoms with E-state index in [1.165, 1.54) is 29.6 Å². The van der Waals surface area contributed by atoms with Crippen LogP contribution < -0.4 is 5.32 Å². The molecule has 0 bridgehead atoms. The number of aromatic amines is 1. The normalized spacial score (nSPS) is 21.3. The van der Waals surface area contributed by atoms with E-state index in [0.29, 0.717) is 4.90 Å². The summed E-state index contributed by atoms with van der Waals surface area (Å²) >= 11 is 5.84. The van der Waals surface area contributed by atoms with Crippen molar-refractivity contribution in [3.05, 3.63) is 70.4 Å². The van der Waals surface area contributed by atoms with Crippen LogP contribution in [0.2, 0.25) is 0 Å². The van der Waals surface area contributed by atoms with Gasteiger partial charge in [0.2, 0.25) is 11.8 Å². The predicted molar refractivity (Wildman–Crippen MR) is 148 cm³/mol. The standard InChI is InChI=1S/C22H19BrF3N3O5S2.C3H4N2/c23-13-1-3-14(4-2-13)35-9-15(30)27-16-19(32)29-17(21(33)34)12(8-36-20(16)29)7-11-5-6-28(18(11)31)10-22(24,25)26;1-2-5-3-4-1/h1-4,7,16,20H,5-6,8-10H2,(H,27,30)(H,33,34);1-3H,(H,4,5)/t16-,20-;/m1./s1. The van der Waals surface area contributed by atoms with Gasteiger partial charge >= 0.3 is 12.1 Å². The molecule has 0 spiro atoms. The highest BCUT2D eigenvalue weighted by atomic mass is 79.9. The molecule has 0 radical (unpaired) electrons. The maximum Gasteiger partial charge on any atom is 0.406 e. The van der Waals surface area contributed by atoms with Gasteiger partial charge in [0.1, 0.15) is 23.7 Å². The molecule has 10 nitrogen and oxygen atoms in total. The van der Waals surface area contributed by atoms with E-state index < -0.39 is 41.9 Å². The van der Waals surface area contributed by atoms with Crippen molar-refractivity contribution in [3.63, 3.8) is 0 Å². The Hall–Kier alpha value is -3.24. The highest BCUT2D eigenvalue weighted by Gasteiger charge is 2.54. The van der Waals surface area contributed by atoms with Gasteiger partial charge in [-0.05, 0) is 42.3 Å². The van der Waals surface area contributed by atoms with Crippen molar-refractivity contribution in [2.75, 3.05) is 24.6 Å². The zero-order chi connectivity index (χ0) is 29.7. The molecular weight excluding hydrogens is 651 g/mol. The third-order valence-electron chi connectivity index (χ3n) is 6.04. The molecule has 2 atom stereocenters. The van der Waals surface area contributed by atoms with E-state index in [0.717, 1.165) is 14.3 Å². The number of hydrogen-bond donors (Lipinski definition) is 3. The number of hydrogen-bond acceptors (Lipinski definition) is 7. The Labute approximate surface area is 248 Å². The Bertz CT molecular complexity index is 1350. The van der Waals surface area contributed by atoms with Crippen molar-refractivity contribution < 1.29 is 37.5 Å². The number of nitrogens with zero attached hydrogens (tertiary/aromatic N) is 3. The largest absolute Gasteiger partial charge is 0.477 e. The number of H-pyrrole nitrogens is 1. The van der Waals surface area contributed by atoms with Gasteiger partial charge in [-0.3, -0.25) is 19.3 Å². The second-order valence-corrected chi connectivity index (χ2v) is 12.0. The Morgan fingerprint density at radius 2 is 2.00 bits per heavy atom. The zero-order valence-electron chi connectivity index (χ0n) is 21.1. The summed E-state index contributed by atoms with van der Waals surface area (Å²) in [5.74, 6) is -2.99. The van der Waals surface area contributed by atoms with Gasteiger partial charge in [0.05, 0.1) is 12.1 Å². The van der Waals surface area contributed by atoms with Crippen molar-refractivity contribution in [3.8, 4) is 0 Å². The van der Waals surface area contributed by atoms with E-state index in [1.807, 2.05) is 24.3 Å². The number of carboxylic acid groups (broad SMARTS) is 1. The summed E-state index contributed by atoms with van der Waals surface area (Å²) in [4.78, 5) is 58.5. The van der Waals surface area contributed by atoms with Crippen molar-refractivity contribution in [2.45, 2.75) is 28.9 Å². The first-order valence-electron chi connectivity index (χ1n) is 12.0. The molecule has 3 aliphatic rings. The van der Waals surface area contributed by atoms with E-state index >= 15 is 0 Å². The highest BCUT2D eigenvalue weighted by molar-refractivity contribution is 9.10. The third kappa shape index (κ3) is 7.74. The molecule has 1 aromatic carbocycles. The van der Waals surface area contributed by atoms with Crippen molar-refractivity contribution >= 4 is 63.1 Å². The second kappa shape index (κ2) is 13.2. The quantitative estimate of drug-likeness (QED) is 0.231. The van der Waals surface area contributed by atoms with Crippen LogP contribution in [0.4, 0.5) is 13.2 Å². The fourth-order valence-electron chi connectivity index (χ4n) is 4.24. The summed E-state index contributed by atoms with van der Waals surface area (Å²) < 4.78 is 38.9. The minimum atomic E-state index is -4.54. The number of allylic oxidation sites excluding steroid dienone is 1. The maximum atomic E-state index is 12.8. The Balaban J connectivity index is 0.000000699. The van der Waals surface area contributed by atoms with E-state index in [-0.39, 0.29) is 47.2 Å². The van der Waals surface area contributed by atoms with Crippen molar-refractivity contribution in [2.24, 2.45) is 0 Å². The molecule has 16 heteroatoms. The number of rotatable bonds is 7. The predicted octanol–water partition coefficient (Wildman–Crippen LogP) is 3.41. The summed E-state index contributed by atoms with van der Waals surface area (Å²) in [5, 5.41) is 11.8. The number of carbonyl (C=O) groups excluding carboxylic acids is 3. The average Bonchev–Trinajstić information content (AvgIpc) is 3.61. The van der Waals surface area contributed by atoms with Gasteiger partial charge in [-0.1, -0.05) is 15.9 Å². The lowest BCUT2D eigenvalue weighted by molar-refractivity contribution is -0.156. The topological polar surface area (TPSA) is 136 Å². The number of nitrogens with one attached hydrogen (secondary N) is 2. The van der Waals surface area contributed by atoms with Gasteiger partial charge in [0.15, 0.2) is 0 Å². The molecular formula is C25H23BrF3N5O5S2. The molecule has 41 heavy (non-hydrogen) atoms. The van der Waals surface area contributed by atoms with Crippen LogP contribution in [0.25, 0.3) is 0 Å². The van der Waals surface area contributed by atoms with Crippen LogP contribution in [-0.2, 0) is 19.2 Å². The van der Waals surface area contributed by atoms with Gasteiger partial charge in [-0.25, -0.2) is 9.78 Å². The summed E-state index contributed by atoms with van der Waals surface area (Å²) in [7, 11) is 0. The van der Waals surface area contributed by atoms with Crippen LogP contribution in [-0.4, -0.2) is 90.8 Å². The minimum Gasteiger partial charge on any atom is -0.477 e. The first-order chi connectivity index (χ1) is 19.4. The lowest BCUT2D eigenvalue weighted by atomic mass is 10.0. The number of halogens is 4. The number of aliphatic carboxylic acids is 1. The molecule has 3 N–H and O–H groups in total. The summed E-state index contributed by atoms with van der Waals surface area (Å²) in [6, 6.07) is 6.46. The van der Waals surface area contributed by atoms with Crippen LogP contribution >= 0.6 is 39.5 Å². The monoisotopic (exact) mass is 673 g/mol. The molecule has 4 heterocycles. The molecule has 0 saturated carbocycles. The van der Waals surface area contributed by atoms with E-state index in [4.69, 9.17) is 0 Å². The van der Waals surface area contributed by atoms with Crippen LogP contribution in [0.3, 0.4) is 0 Å². The Kier molecular flexibility index (Phi) is 9.86. The number of imidazole rings is 1. The number of amides is 3. The minimum absolute atomic E-state index is 0.0437. The maximum absolute atomic E-state index is 12.8. The van der Waals surface area contributed by atoms with Gasteiger partial charge < -0.3 is 20.3 Å². The molecule has 2 aromatic rings. The summed E-state index contributed by atoms with van der Waals surface area (Å²) in [6.45, 7) is -1.50. The number of alkyl halides is 3. The molecule has 5 rings (SSSR count). The molecule has 218 valence electrons. The lowest BCUT2D eigenvalue weighted by Gasteiger charge is -2.49. The van der Waals surface area contributed by atoms with Gasteiger partial charge in [0, 0.05) is 39.6 Å². The molecule has 3 amide bonds. The molecule has 2 saturated heterocycles. The Morgan fingerprint density at radius 1 is 1.27 bits per heavy atom. The Morgan fingerprint density at radius 3 is 2.59 bits per heavy atom. The van der Waals surface area contributed by atoms with E-state index in [1.54, 1.807) is 18.7 Å². The van der Waals surface area contributed by atoms with Crippen molar-refractivity contribution in [1.82, 2.24) is 25.1 Å². The van der Waals surface area contributed by atoms with Crippen LogP contribution in [0.5, 0.6) is 0 Å². The number of benzene rings is 1. The number of carbonyl (C=O) groups is 4. The summed E-state index contributed by atoms with van der Waals surface area (Å²) in [5.41, 5.74) is -0.0900. The number of aromatic nitrogens is 2. The van der Waals surface area contributed by atoms with Crippen molar-refractivity contribution in [1.29, 1.82) is 0 Å². The first-order valence-corrected chi connectivity index (χ1v) is 14.9. The van der Waals surface area contributed by atoms with Crippen LogP contribution in [0.1, 0.15) is 6.42 Å². The molecule has 0 aliphatic carbocycles. The fourth-order valence-corrected chi connectivity index (χ4v) is 6.52. The smallest absolute Gasteiger partial charge is 0.406 e. The summed E-state index contributed by atoms with van der Waals surface area (Å²) in [6.07, 6.45) is 1.87. The zero-order valence-corrected chi connectivity index (χ0v) is 24.3. The molecule has 2 fully saturated rings. The lowest BCUT2D eigenvalue weighted by Crippen LogP contribution is -2.70. The fraction of sp³-hybridized carbons (Fsp3) is 0.320. The number of β-lactam (4-membered cyclic amide) rings is 1. The van der Waals surface area contributed by atoms with Gasteiger partial charge in [0.25, 0.3) is 5.91 Å². The molecule has 0 unspecified atom stereocenters. The number of carboxylic acids is 1.